The van der Waals surface area contributed by atoms with E-state index in [-0.39, 0.29) is 12.0 Å². The lowest BCUT2D eigenvalue weighted by atomic mass is 10.00. The molecule has 4 rings (SSSR count). The maximum atomic E-state index is 12.8. The summed E-state index contributed by atoms with van der Waals surface area (Å²) in [6, 6.07) is 3.59. The summed E-state index contributed by atoms with van der Waals surface area (Å²) in [5.74, 6) is -0.0566. The monoisotopic (exact) mass is 343 g/mol. The van der Waals surface area contributed by atoms with Gasteiger partial charge in [-0.2, -0.15) is 15.3 Å². The molecule has 0 radical (unpaired) electrons. The number of nitrogens with zero attached hydrogens (tertiary/aromatic N) is 5. The molecule has 1 spiro atoms. The Morgan fingerprint density at radius 3 is 3.12 bits per heavy atom. The average molecular weight is 343 g/mol. The molecule has 8 heteroatoms. The largest absolute Gasteiger partial charge is 0.377 e. The Morgan fingerprint density at radius 2 is 2.32 bits per heavy atom. The molecule has 2 aliphatic heterocycles. The second-order valence-corrected chi connectivity index (χ2v) is 6.60. The summed E-state index contributed by atoms with van der Waals surface area (Å²) >= 11 is 0. The van der Waals surface area contributed by atoms with E-state index in [1.807, 2.05) is 16.9 Å². The fourth-order valence-electron chi connectivity index (χ4n) is 3.54. The predicted molar refractivity (Wildman–Crippen MR) is 87.8 cm³/mol. The number of rotatable bonds is 3. The molecule has 0 bridgehead atoms. The molecule has 2 fully saturated rings. The van der Waals surface area contributed by atoms with Crippen LogP contribution >= 0.6 is 0 Å². The first-order chi connectivity index (χ1) is 12.2. The Bertz CT molecular complexity index is 708. The zero-order valence-corrected chi connectivity index (χ0v) is 14.0. The van der Waals surface area contributed by atoms with E-state index in [0.717, 1.165) is 19.4 Å². The Labute approximate surface area is 145 Å². The molecule has 0 aromatic carbocycles. The highest BCUT2D eigenvalue weighted by Gasteiger charge is 2.44. The zero-order valence-electron chi connectivity index (χ0n) is 14.0. The molecule has 4 heterocycles. The second-order valence-electron chi connectivity index (χ2n) is 6.60. The van der Waals surface area contributed by atoms with Crippen LogP contribution in [0.4, 0.5) is 0 Å². The van der Waals surface area contributed by atoms with Gasteiger partial charge in [0, 0.05) is 18.9 Å². The van der Waals surface area contributed by atoms with Gasteiger partial charge in [0.05, 0.1) is 50.4 Å². The van der Waals surface area contributed by atoms with Crippen LogP contribution in [0.3, 0.4) is 0 Å². The topological polar surface area (TPSA) is 82.4 Å². The van der Waals surface area contributed by atoms with E-state index >= 15 is 0 Å². The summed E-state index contributed by atoms with van der Waals surface area (Å²) in [7, 11) is 0. The lowest BCUT2D eigenvalue weighted by Crippen LogP contribution is -2.46. The average Bonchev–Trinajstić information content (AvgIpc) is 3.23. The lowest BCUT2D eigenvalue weighted by Gasteiger charge is -2.32. The van der Waals surface area contributed by atoms with Gasteiger partial charge in [-0.15, -0.1) is 0 Å². The molecule has 2 aromatic heterocycles. The van der Waals surface area contributed by atoms with E-state index in [1.54, 1.807) is 17.2 Å². The van der Waals surface area contributed by atoms with Gasteiger partial charge in [-0.1, -0.05) is 0 Å². The van der Waals surface area contributed by atoms with Crippen LogP contribution in [0.5, 0.6) is 0 Å². The van der Waals surface area contributed by atoms with Crippen LogP contribution in [-0.2, 0) is 16.0 Å². The number of amides is 1. The van der Waals surface area contributed by atoms with Crippen molar-refractivity contribution in [3.63, 3.8) is 0 Å². The number of hydrogen-bond donors (Lipinski definition) is 0. The number of hydrogen-bond acceptors (Lipinski definition) is 6. The number of aromatic nitrogens is 4. The second kappa shape index (κ2) is 6.89. The van der Waals surface area contributed by atoms with Crippen LogP contribution in [0.1, 0.15) is 23.2 Å². The van der Waals surface area contributed by atoms with Crippen molar-refractivity contribution in [3.05, 3.63) is 42.5 Å². The minimum Gasteiger partial charge on any atom is -0.377 e. The van der Waals surface area contributed by atoms with E-state index in [2.05, 4.69) is 15.3 Å². The standard InChI is InChI=1S/C17H21N5O3/c23-16(14-3-6-18-19-10-14)21-8-9-24-13-17(12-21)4-2-15(25-17)11-22-7-1-5-20-22/h1,3,5-7,10,15H,2,4,8-9,11-13H2/t15-,17-/m0/s1. The van der Waals surface area contributed by atoms with Crippen molar-refractivity contribution in [2.24, 2.45) is 0 Å². The number of carbonyl (C=O) groups is 1. The normalized spacial score (nSPS) is 26.7. The van der Waals surface area contributed by atoms with Crippen LogP contribution < -0.4 is 0 Å². The summed E-state index contributed by atoms with van der Waals surface area (Å²) in [5, 5.41) is 11.8. The molecule has 0 saturated carbocycles. The number of ether oxygens (including phenoxy) is 2. The van der Waals surface area contributed by atoms with Gasteiger partial charge in [-0.05, 0) is 25.0 Å². The van der Waals surface area contributed by atoms with Crippen LogP contribution in [-0.4, -0.2) is 68.8 Å². The fourth-order valence-corrected chi connectivity index (χ4v) is 3.54. The van der Waals surface area contributed by atoms with Gasteiger partial charge in [0.2, 0.25) is 0 Å². The fraction of sp³-hybridized carbons (Fsp3) is 0.529. The van der Waals surface area contributed by atoms with Gasteiger partial charge in [0.1, 0.15) is 5.60 Å². The molecule has 1 amide bonds. The van der Waals surface area contributed by atoms with Crippen LogP contribution in [0.25, 0.3) is 0 Å². The smallest absolute Gasteiger partial charge is 0.255 e. The summed E-state index contributed by atoms with van der Waals surface area (Å²) in [4.78, 5) is 14.6. The maximum absolute atomic E-state index is 12.8. The molecule has 0 unspecified atom stereocenters. The quantitative estimate of drug-likeness (QED) is 0.818. The van der Waals surface area contributed by atoms with Crippen molar-refractivity contribution in [1.29, 1.82) is 0 Å². The summed E-state index contributed by atoms with van der Waals surface area (Å²) in [6.07, 6.45) is 8.62. The van der Waals surface area contributed by atoms with Crippen LogP contribution in [0, 0.1) is 0 Å². The first-order valence-electron chi connectivity index (χ1n) is 8.53. The molecular formula is C17H21N5O3. The third-order valence-electron chi connectivity index (χ3n) is 4.76. The Hall–Kier alpha value is -2.32. The maximum Gasteiger partial charge on any atom is 0.255 e. The van der Waals surface area contributed by atoms with Crippen molar-refractivity contribution in [1.82, 2.24) is 24.9 Å². The van der Waals surface area contributed by atoms with Gasteiger partial charge in [-0.3, -0.25) is 9.48 Å². The highest BCUT2D eigenvalue weighted by atomic mass is 16.6. The molecular weight excluding hydrogens is 322 g/mol. The zero-order chi connectivity index (χ0) is 17.1. The van der Waals surface area contributed by atoms with E-state index in [9.17, 15) is 4.79 Å². The van der Waals surface area contributed by atoms with Gasteiger partial charge in [0.15, 0.2) is 0 Å². The van der Waals surface area contributed by atoms with Crippen LogP contribution in [0.15, 0.2) is 36.9 Å². The molecule has 0 aliphatic carbocycles. The van der Waals surface area contributed by atoms with E-state index < -0.39 is 5.60 Å². The molecule has 0 N–H and O–H groups in total. The minimum absolute atomic E-state index is 0.0566. The van der Waals surface area contributed by atoms with Crippen molar-refractivity contribution in [3.8, 4) is 0 Å². The molecule has 8 nitrogen and oxygen atoms in total. The third kappa shape index (κ3) is 3.54. The summed E-state index contributed by atoms with van der Waals surface area (Å²) < 4.78 is 14.0. The van der Waals surface area contributed by atoms with Crippen molar-refractivity contribution >= 4 is 5.91 Å². The molecule has 132 valence electrons. The Balaban J connectivity index is 1.46. The van der Waals surface area contributed by atoms with Gasteiger partial charge < -0.3 is 14.4 Å². The van der Waals surface area contributed by atoms with Crippen molar-refractivity contribution in [2.75, 3.05) is 26.3 Å². The van der Waals surface area contributed by atoms with Crippen molar-refractivity contribution in [2.45, 2.75) is 31.1 Å². The third-order valence-corrected chi connectivity index (χ3v) is 4.76. The van der Waals surface area contributed by atoms with E-state index in [0.29, 0.717) is 31.9 Å². The Kier molecular flexibility index (Phi) is 4.46. The Morgan fingerprint density at radius 1 is 1.36 bits per heavy atom. The highest BCUT2D eigenvalue weighted by molar-refractivity contribution is 5.93. The summed E-state index contributed by atoms with van der Waals surface area (Å²) in [6.45, 7) is 2.83. The lowest BCUT2D eigenvalue weighted by molar-refractivity contribution is -0.0881. The van der Waals surface area contributed by atoms with Crippen LogP contribution in [0.2, 0.25) is 0 Å². The number of carbonyl (C=O) groups excluding carboxylic acids is 1. The highest BCUT2D eigenvalue weighted by Crippen LogP contribution is 2.34. The molecule has 2 aromatic rings. The molecule has 25 heavy (non-hydrogen) atoms. The minimum atomic E-state index is -0.440. The molecule has 2 aliphatic rings. The first-order valence-corrected chi connectivity index (χ1v) is 8.53. The first kappa shape index (κ1) is 16.2. The van der Waals surface area contributed by atoms with Gasteiger partial charge >= 0.3 is 0 Å². The van der Waals surface area contributed by atoms with Crippen molar-refractivity contribution < 1.29 is 14.3 Å². The predicted octanol–water partition coefficient (Wildman–Crippen LogP) is 0.763. The summed E-state index contributed by atoms with van der Waals surface area (Å²) in [5.41, 5.74) is 0.0999. The molecule has 2 saturated heterocycles. The van der Waals surface area contributed by atoms with Gasteiger partial charge in [0.25, 0.3) is 5.91 Å². The van der Waals surface area contributed by atoms with Gasteiger partial charge in [-0.25, -0.2) is 0 Å². The van der Waals surface area contributed by atoms with E-state index in [1.165, 1.54) is 12.4 Å². The molecule has 2 atom stereocenters. The SMILES string of the molecule is O=C(c1ccnnc1)N1CCOC[C@]2(CC[C@@H](Cn3cccn3)O2)C1. The van der Waals surface area contributed by atoms with E-state index in [4.69, 9.17) is 9.47 Å².